The van der Waals surface area contributed by atoms with Gasteiger partial charge in [0.15, 0.2) is 0 Å². The number of halogens is 1. The number of hydrogen-bond acceptors (Lipinski definition) is 2. The number of rotatable bonds is 4. The zero-order chi connectivity index (χ0) is 17.6. The second kappa shape index (κ2) is 8.63. The number of piperidine rings is 1. The Kier molecular flexibility index (Phi) is 6.27. The molecule has 1 aliphatic heterocycles. The normalized spacial score (nSPS) is 18.3. The van der Waals surface area contributed by atoms with Crippen molar-refractivity contribution in [1.82, 2.24) is 10.2 Å². The number of amides is 1. The molecule has 1 amide bonds. The predicted octanol–water partition coefficient (Wildman–Crippen LogP) is 4.35. The van der Waals surface area contributed by atoms with Gasteiger partial charge in [0.2, 0.25) is 0 Å². The van der Waals surface area contributed by atoms with Crippen LogP contribution in [0.2, 0.25) is 0 Å². The summed E-state index contributed by atoms with van der Waals surface area (Å²) >= 11 is 3.61. The van der Waals surface area contributed by atoms with Gasteiger partial charge in [-0.15, -0.1) is 0 Å². The molecule has 0 saturated carbocycles. The van der Waals surface area contributed by atoms with Gasteiger partial charge in [-0.3, -0.25) is 4.79 Å². The summed E-state index contributed by atoms with van der Waals surface area (Å²) in [5, 5.41) is 3.39. The maximum absolute atomic E-state index is 13.2. The Morgan fingerprint density at radius 3 is 2.68 bits per heavy atom. The molecule has 1 aromatic rings. The maximum Gasteiger partial charge on any atom is 0.254 e. The number of hydrogen-bond donors (Lipinski definition) is 1. The minimum Gasteiger partial charge on any atom is -0.331 e. The number of carbonyl (C=O) groups excluding carboxylic acids is 1. The van der Waals surface area contributed by atoms with Crippen LogP contribution >= 0.6 is 15.9 Å². The van der Waals surface area contributed by atoms with Crippen molar-refractivity contribution in [2.75, 3.05) is 19.6 Å². The van der Waals surface area contributed by atoms with Gasteiger partial charge in [0, 0.05) is 18.2 Å². The molecule has 0 bridgehead atoms. The average Bonchev–Trinajstić information content (AvgIpc) is 2.84. The van der Waals surface area contributed by atoms with Crippen molar-refractivity contribution < 1.29 is 4.79 Å². The number of benzene rings is 1. The molecule has 1 N–H and O–H groups in total. The highest BCUT2D eigenvalue weighted by atomic mass is 79.9. The quantitative estimate of drug-likeness (QED) is 0.814. The van der Waals surface area contributed by atoms with Crippen LogP contribution in [0.25, 0.3) is 0 Å². The summed E-state index contributed by atoms with van der Waals surface area (Å²) in [5.41, 5.74) is 3.12. The molecule has 3 nitrogen and oxygen atoms in total. The fraction of sp³-hybridized carbons (Fsp3) is 0.381. The minimum absolute atomic E-state index is 0.130. The van der Waals surface area contributed by atoms with Crippen LogP contribution in [0.5, 0.6) is 0 Å². The van der Waals surface area contributed by atoms with Crippen LogP contribution in [0.4, 0.5) is 0 Å². The smallest absolute Gasteiger partial charge is 0.254 e. The lowest BCUT2D eigenvalue weighted by atomic mass is 10.0. The number of nitrogens with one attached hydrogen (secondary N) is 1. The monoisotopic (exact) mass is 400 g/mol. The van der Waals surface area contributed by atoms with Crippen LogP contribution in [0, 0.1) is 6.92 Å². The molecule has 25 heavy (non-hydrogen) atoms. The molecule has 0 aromatic heterocycles. The molecule has 1 saturated heterocycles. The van der Waals surface area contributed by atoms with Gasteiger partial charge in [-0.2, -0.15) is 0 Å². The number of aryl methyl sites for hydroxylation is 1. The fourth-order valence-corrected chi connectivity index (χ4v) is 3.80. The highest BCUT2D eigenvalue weighted by Crippen LogP contribution is 2.22. The van der Waals surface area contributed by atoms with E-state index in [9.17, 15) is 4.79 Å². The van der Waals surface area contributed by atoms with E-state index in [0.29, 0.717) is 6.54 Å². The van der Waals surface area contributed by atoms with E-state index in [2.05, 4.69) is 50.5 Å². The Morgan fingerprint density at radius 1 is 1.24 bits per heavy atom. The van der Waals surface area contributed by atoms with E-state index < -0.39 is 0 Å². The van der Waals surface area contributed by atoms with Gasteiger partial charge in [0.05, 0.1) is 0 Å². The Labute approximate surface area is 158 Å². The molecule has 132 valence electrons. The van der Waals surface area contributed by atoms with E-state index in [0.717, 1.165) is 42.4 Å². The molecule has 2 aliphatic rings. The van der Waals surface area contributed by atoms with Crippen LogP contribution < -0.4 is 5.32 Å². The molecular weight excluding hydrogens is 376 g/mol. The summed E-state index contributed by atoms with van der Waals surface area (Å²) in [5.74, 6) is 0.130. The third kappa shape index (κ3) is 4.93. The lowest BCUT2D eigenvalue weighted by Crippen LogP contribution is -2.46. The van der Waals surface area contributed by atoms with Crippen molar-refractivity contribution in [3.8, 4) is 0 Å². The van der Waals surface area contributed by atoms with Gasteiger partial charge in [-0.1, -0.05) is 51.9 Å². The molecule has 0 unspecified atom stereocenters. The first-order valence-corrected chi connectivity index (χ1v) is 9.73. The van der Waals surface area contributed by atoms with Crippen molar-refractivity contribution in [2.45, 2.75) is 32.2 Å². The molecule has 0 radical (unpaired) electrons. The molecule has 0 spiro atoms. The van der Waals surface area contributed by atoms with Crippen molar-refractivity contribution >= 4 is 21.8 Å². The first kappa shape index (κ1) is 18.2. The second-order valence-corrected chi connectivity index (χ2v) is 7.76. The van der Waals surface area contributed by atoms with Gasteiger partial charge in [-0.25, -0.2) is 0 Å². The molecule has 1 aliphatic carbocycles. The fourth-order valence-electron chi connectivity index (χ4n) is 3.32. The van der Waals surface area contributed by atoms with E-state index in [1.165, 1.54) is 11.1 Å². The first-order chi connectivity index (χ1) is 12.1. The molecule has 1 fully saturated rings. The largest absolute Gasteiger partial charge is 0.331 e. The SMILES string of the molecule is Cc1ccc(C(=O)N(CC2=CC=CCC(Br)=C2)C2CCNCC2)cc1. The van der Waals surface area contributed by atoms with E-state index >= 15 is 0 Å². The zero-order valence-corrected chi connectivity index (χ0v) is 16.3. The van der Waals surface area contributed by atoms with Crippen LogP contribution in [-0.4, -0.2) is 36.5 Å². The third-order valence-corrected chi connectivity index (χ3v) is 5.32. The van der Waals surface area contributed by atoms with Gasteiger partial charge < -0.3 is 10.2 Å². The number of carbonyl (C=O) groups is 1. The van der Waals surface area contributed by atoms with E-state index in [1.807, 2.05) is 31.2 Å². The molecule has 1 heterocycles. The van der Waals surface area contributed by atoms with E-state index in [-0.39, 0.29) is 11.9 Å². The third-order valence-electron chi connectivity index (χ3n) is 4.76. The zero-order valence-electron chi connectivity index (χ0n) is 14.7. The van der Waals surface area contributed by atoms with E-state index in [1.54, 1.807) is 0 Å². The van der Waals surface area contributed by atoms with Crippen molar-refractivity contribution in [2.24, 2.45) is 0 Å². The summed E-state index contributed by atoms with van der Waals surface area (Å²) in [6.45, 7) is 4.64. The second-order valence-electron chi connectivity index (χ2n) is 6.75. The van der Waals surface area contributed by atoms with E-state index in [4.69, 9.17) is 0 Å². The first-order valence-electron chi connectivity index (χ1n) is 8.93. The van der Waals surface area contributed by atoms with Crippen LogP contribution in [-0.2, 0) is 0 Å². The molecule has 0 atom stereocenters. The molecule has 4 heteroatoms. The molecule has 3 rings (SSSR count). The summed E-state index contributed by atoms with van der Waals surface area (Å²) in [7, 11) is 0. The van der Waals surface area contributed by atoms with Crippen LogP contribution in [0.15, 0.2) is 58.6 Å². The summed E-state index contributed by atoms with van der Waals surface area (Å²) in [6.07, 6.45) is 11.4. The Bertz CT molecular complexity index is 697. The summed E-state index contributed by atoms with van der Waals surface area (Å²) in [6, 6.07) is 8.20. The van der Waals surface area contributed by atoms with Crippen molar-refractivity contribution in [3.63, 3.8) is 0 Å². The van der Waals surface area contributed by atoms with Gasteiger partial charge >= 0.3 is 0 Å². The van der Waals surface area contributed by atoms with Crippen molar-refractivity contribution in [3.05, 3.63) is 69.8 Å². The Balaban J connectivity index is 1.85. The molecular formula is C21H25BrN2O. The topological polar surface area (TPSA) is 32.3 Å². The maximum atomic E-state index is 13.2. The number of allylic oxidation sites excluding steroid dienone is 4. The molecule has 1 aromatic carbocycles. The van der Waals surface area contributed by atoms with Gasteiger partial charge in [-0.05, 0) is 67.5 Å². The summed E-state index contributed by atoms with van der Waals surface area (Å²) in [4.78, 5) is 15.3. The van der Waals surface area contributed by atoms with Crippen LogP contribution in [0.3, 0.4) is 0 Å². The number of nitrogens with zero attached hydrogens (tertiary/aromatic N) is 1. The highest BCUT2D eigenvalue weighted by molar-refractivity contribution is 9.11. The average molecular weight is 401 g/mol. The Hall–Kier alpha value is -1.65. The standard InChI is InChI=1S/C21H25BrN2O/c1-16-6-8-18(9-7-16)21(25)24(20-10-12-23-13-11-20)15-17-4-2-3-5-19(22)14-17/h2-4,6-9,14,20,23H,5,10-13,15H2,1H3. The van der Waals surface area contributed by atoms with Gasteiger partial charge in [0.1, 0.15) is 0 Å². The van der Waals surface area contributed by atoms with Gasteiger partial charge in [0.25, 0.3) is 5.91 Å². The Morgan fingerprint density at radius 2 is 1.96 bits per heavy atom. The van der Waals surface area contributed by atoms with Crippen LogP contribution in [0.1, 0.15) is 35.2 Å². The highest BCUT2D eigenvalue weighted by Gasteiger charge is 2.26. The lowest BCUT2D eigenvalue weighted by molar-refractivity contribution is 0.0666. The summed E-state index contributed by atoms with van der Waals surface area (Å²) < 4.78 is 1.15. The predicted molar refractivity (Wildman–Crippen MR) is 107 cm³/mol. The van der Waals surface area contributed by atoms with Crippen molar-refractivity contribution in [1.29, 1.82) is 0 Å². The minimum atomic E-state index is 0.130. The lowest BCUT2D eigenvalue weighted by Gasteiger charge is -2.35.